The lowest BCUT2D eigenvalue weighted by Gasteiger charge is -2.15. The Morgan fingerprint density at radius 2 is 1.70 bits per heavy atom. The van der Waals surface area contributed by atoms with E-state index in [0.717, 1.165) is 30.8 Å². The van der Waals surface area contributed by atoms with Gasteiger partial charge < -0.3 is 9.64 Å². The highest BCUT2D eigenvalue weighted by atomic mass is 16.5. The van der Waals surface area contributed by atoms with Gasteiger partial charge in [-0.3, -0.25) is 4.79 Å². The monoisotopic (exact) mass is 402 g/mol. The highest BCUT2D eigenvalue weighted by Gasteiger charge is 2.41. The zero-order valence-corrected chi connectivity index (χ0v) is 17.2. The molecule has 1 saturated carbocycles. The Labute approximate surface area is 176 Å². The molecule has 5 rings (SSSR count). The van der Waals surface area contributed by atoms with Crippen molar-refractivity contribution < 1.29 is 9.53 Å². The lowest BCUT2D eigenvalue weighted by molar-refractivity contribution is -0.128. The van der Waals surface area contributed by atoms with Crippen molar-refractivity contribution in [3.8, 4) is 22.5 Å². The van der Waals surface area contributed by atoms with E-state index in [1.54, 1.807) is 7.11 Å². The molecule has 0 bridgehead atoms. The molecule has 6 heteroatoms. The minimum absolute atomic E-state index is 0.0970. The van der Waals surface area contributed by atoms with Crippen LogP contribution in [0.1, 0.15) is 31.0 Å². The average Bonchev–Trinajstić information content (AvgIpc) is 3.42. The zero-order chi connectivity index (χ0) is 20.5. The first-order chi connectivity index (χ1) is 14.7. The first-order valence-corrected chi connectivity index (χ1v) is 10.6. The normalized spacial score (nSPS) is 18.9. The molecular weight excluding hydrogens is 376 g/mol. The Morgan fingerprint density at radius 3 is 2.40 bits per heavy atom. The Kier molecular flexibility index (Phi) is 5.09. The molecule has 2 aromatic carbocycles. The van der Waals surface area contributed by atoms with Gasteiger partial charge in [0.2, 0.25) is 5.91 Å². The summed E-state index contributed by atoms with van der Waals surface area (Å²) >= 11 is 0. The molecule has 2 aliphatic rings. The van der Waals surface area contributed by atoms with E-state index in [1.807, 2.05) is 27.8 Å². The second kappa shape index (κ2) is 8.03. The molecule has 3 aromatic rings. The van der Waals surface area contributed by atoms with Crippen LogP contribution in [0.15, 0.2) is 54.6 Å². The van der Waals surface area contributed by atoms with Crippen LogP contribution in [0, 0.1) is 0 Å². The van der Waals surface area contributed by atoms with Crippen molar-refractivity contribution >= 4 is 5.91 Å². The van der Waals surface area contributed by atoms with Gasteiger partial charge in [-0.25, -0.2) is 9.67 Å². The zero-order valence-electron chi connectivity index (χ0n) is 17.2. The minimum Gasteiger partial charge on any atom is -0.383 e. The molecule has 30 heavy (non-hydrogen) atoms. The van der Waals surface area contributed by atoms with E-state index in [2.05, 4.69) is 36.4 Å². The molecular formula is C24H26N4O2. The standard InChI is InChI=1S/C24H26N4O2/c1-30-14-13-28-24(20-15-22(29)27(16-20)21-11-12-21)25-23(26-28)19-9-7-18(8-10-19)17-5-3-2-4-6-17/h2-10,20-21H,11-16H2,1H3. The number of aromatic nitrogens is 3. The number of hydrogen-bond donors (Lipinski definition) is 0. The fourth-order valence-corrected chi connectivity index (χ4v) is 4.21. The number of methoxy groups -OCH3 is 1. The molecule has 1 aliphatic carbocycles. The Hall–Kier alpha value is -2.99. The van der Waals surface area contributed by atoms with Gasteiger partial charge in [-0.15, -0.1) is 0 Å². The molecule has 2 fully saturated rings. The van der Waals surface area contributed by atoms with Gasteiger partial charge in [0.25, 0.3) is 0 Å². The van der Waals surface area contributed by atoms with Crippen LogP contribution in [0.2, 0.25) is 0 Å². The van der Waals surface area contributed by atoms with Gasteiger partial charge in [0, 0.05) is 37.6 Å². The molecule has 2 heterocycles. The number of likely N-dealkylation sites (tertiary alicyclic amines) is 1. The Balaban J connectivity index is 1.42. The molecule has 0 N–H and O–H groups in total. The first kappa shape index (κ1) is 19.0. The SMILES string of the molecule is COCCn1nc(-c2ccc(-c3ccccc3)cc2)nc1C1CC(=O)N(C2CC2)C1. The predicted octanol–water partition coefficient (Wildman–Crippen LogP) is 3.74. The molecule has 1 atom stereocenters. The fourth-order valence-electron chi connectivity index (χ4n) is 4.21. The van der Waals surface area contributed by atoms with Gasteiger partial charge in [0.1, 0.15) is 5.82 Å². The lowest BCUT2D eigenvalue weighted by Crippen LogP contribution is -2.27. The smallest absolute Gasteiger partial charge is 0.223 e. The van der Waals surface area contributed by atoms with Crippen LogP contribution in [0.4, 0.5) is 0 Å². The Morgan fingerprint density at radius 1 is 1.00 bits per heavy atom. The molecule has 154 valence electrons. The van der Waals surface area contributed by atoms with Crippen LogP contribution < -0.4 is 0 Å². The van der Waals surface area contributed by atoms with Crippen LogP contribution >= 0.6 is 0 Å². The van der Waals surface area contributed by atoms with Crippen LogP contribution in [-0.2, 0) is 16.1 Å². The highest BCUT2D eigenvalue weighted by molar-refractivity contribution is 5.80. The van der Waals surface area contributed by atoms with E-state index in [0.29, 0.717) is 31.4 Å². The van der Waals surface area contributed by atoms with Crippen molar-refractivity contribution in [2.45, 2.75) is 37.8 Å². The molecule has 0 radical (unpaired) electrons. The second-order valence-electron chi connectivity index (χ2n) is 8.13. The third-order valence-electron chi connectivity index (χ3n) is 5.97. The van der Waals surface area contributed by atoms with Crippen LogP contribution in [0.5, 0.6) is 0 Å². The van der Waals surface area contributed by atoms with E-state index >= 15 is 0 Å². The largest absolute Gasteiger partial charge is 0.383 e. The summed E-state index contributed by atoms with van der Waals surface area (Å²) in [5.74, 6) is 1.95. The molecule has 6 nitrogen and oxygen atoms in total. The first-order valence-electron chi connectivity index (χ1n) is 10.6. The van der Waals surface area contributed by atoms with Crippen molar-refractivity contribution in [1.82, 2.24) is 19.7 Å². The van der Waals surface area contributed by atoms with E-state index in [1.165, 1.54) is 11.1 Å². The van der Waals surface area contributed by atoms with Crippen molar-refractivity contribution in [3.63, 3.8) is 0 Å². The number of amides is 1. The third-order valence-corrected chi connectivity index (χ3v) is 5.97. The molecule has 0 spiro atoms. The van der Waals surface area contributed by atoms with Crippen LogP contribution in [0.25, 0.3) is 22.5 Å². The number of nitrogens with zero attached hydrogens (tertiary/aromatic N) is 4. The lowest BCUT2D eigenvalue weighted by atomic mass is 10.0. The summed E-state index contributed by atoms with van der Waals surface area (Å²) < 4.78 is 7.20. The minimum atomic E-state index is 0.0970. The summed E-state index contributed by atoms with van der Waals surface area (Å²) in [6.45, 7) is 1.95. The summed E-state index contributed by atoms with van der Waals surface area (Å²) in [6, 6.07) is 19.1. The quantitative estimate of drug-likeness (QED) is 0.604. The predicted molar refractivity (Wildman–Crippen MR) is 115 cm³/mol. The number of carbonyl (C=O) groups excluding carboxylic acids is 1. The van der Waals surface area contributed by atoms with E-state index in [4.69, 9.17) is 14.8 Å². The van der Waals surface area contributed by atoms with E-state index in [-0.39, 0.29) is 11.8 Å². The van der Waals surface area contributed by atoms with Gasteiger partial charge in [0.15, 0.2) is 5.82 Å². The fraction of sp³-hybridized carbons (Fsp3) is 0.375. The van der Waals surface area contributed by atoms with Crippen molar-refractivity contribution in [1.29, 1.82) is 0 Å². The van der Waals surface area contributed by atoms with Crippen LogP contribution in [-0.4, -0.2) is 51.9 Å². The average molecular weight is 402 g/mol. The van der Waals surface area contributed by atoms with Crippen molar-refractivity contribution in [2.24, 2.45) is 0 Å². The van der Waals surface area contributed by atoms with Gasteiger partial charge in [-0.05, 0) is 24.0 Å². The number of benzene rings is 2. The number of rotatable bonds is 7. The summed E-state index contributed by atoms with van der Waals surface area (Å²) in [5.41, 5.74) is 3.34. The maximum atomic E-state index is 12.5. The van der Waals surface area contributed by atoms with Gasteiger partial charge in [-0.1, -0.05) is 54.6 Å². The molecule has 1 unspecified atom stereocenters. The molecule has 1 saturated heterocycles. The van der Waals surface area contributed by atoms with Gasteiger partial charge in [0.05, 0.1) is 13.2 Å². The number of ether oxygens (including phenoxy) is 1. The summed E-state index contributed by atoms with van der Waals surface area (Å²) in [5, 5.41) is 4.77. The van der Waals surface area contributed by atoms with E-state index < -0.39 is 0 Å². The maximum Gasteiger partial charge on any atom is 0.223 e. The summed E-state index contributed by atoms with van der Waals surface area (Å²) in [4.78, 5) is 19.4. The van der Waals surface area contributed by atoms with Crippen molar-refractivity contribution in [3.05, 3.63) is 60.4 Å². The van der Waals surface area contributed by atoms with Crippen LogP contribution in [0.3, 0.4) is 0 Å². The topological polar surface area (TPSA) is 60.2 Å². The Bertz CT molecular complexity index is 1030. The molecule has 1 amide bonds. The maximum absolute atomic E-state index is 12.5. The molecule has 1 aliphatic heterocycles. The van der Waals surface area contributed by atoms with Gasteiger partial charge >= 0.3 is 0 Å². The molecule has 1 aromatic heterocycles. The highest BCUT2D eigenvalue weighted by Crippen LogP contribution is 2.36. The van der Waals surface area contributed by atoms with Crippen molar-refractivity contribution in [2.75, 3.05) is 20.3 Å². The summed E-state index contributed by atoms with van der Waals surface area (Å²) in [6.07, 6.45) is 2.79. The number of carbonyl (C=O) groups is 1. The van der Waals surface area contributed by atoms with Gasteiger partial charge in [-0.2, -0.15) is 5.10 Å². The third kappa shape index (κ3) is 3.75. The second-order valence-corrected chi connectivity index (χ2v) is 8.13. The van der Waals surface area contributed by atoms with E-state index in [9.17, 15) is 4.79 Å². The number of hydrogen-bond acceptors (Lipinski definition) is 4. The summed E-state index contributed by atoms with van der Waals surface area (Å²) in [7, 11) is 1.69.